The Labute approximate surface area is 156 Å². The lowest BCUT2D eigenvalue weighted by atomic mass is 9.46. The van der Waals surface area contributed by atoms with Crippen LogP contribution in [0.15, 0.2) is 11.8 Å². The molecule has 4 nitrogen and oxygen atoms in total. The molecule has 3 saturated carbocycles. The third kappa shape index (κ3) is 2.71. The van der Waals surface area contributed by atoms with Gasteiger partial charge in [0.05, 0.1) is 5.76 Å². The minimum Gasteiger partial charge on any atom is -0.462 e. The molecule has 26 heavy (non-hydrogen) atoms. The number of Topliss-reactive ketones (excluding diaryl/α,β-unsaturated/α-hetero) is 1. The van der Waals surface area contributed by atoms with E-state index in [1.165, 1.54) is 26.2 Å². The Morgan fingerprint density at radius 3 is 2.77 bits per heavy atom. The molecular weight excluding hydrogens is 328 g/mol. The Hall–Kier alpha value is -1.32. The lowest BCUT2D eigenvalue weighted by Gasteiger charge is -2.59. The van der Waals surface area contributed by atoms with Crippen molar-refractivity contribution in [3.05, 3.63) is 11.8 Å². The number of hydrogen-bond acceptors (Lipinski definition) is 4. The van der Waals surface area contributed by atoms with E-state index in [9.17, 15) is 9.59 Å². The molecule has 0 radical (unpaired) electrons. The Kier molecular flexibility index (Phi) is 4.44. The first-order chi connectivity index (χ1) is 12.3. The first-order valence-corrected chi connectivity index (χ1v) is 10.3. The van der Waals surface area contributed by atoms with Gasteiger partial charge >= 0.3 is 5.97 Å². The summed E-state index contributed by atoms with van der Waals surface area (Å²) in [6, 6.07) is 0. The average Bonchev–Trinajstić information content (AvgIpc) is 2.90. The average molecular weight is 360 g/mol. The van der Waals surface area contributed by atoms with Crippen LogP contribution < -0.4 is 0 Å². The summed E-state index contributed by atoms with van der Waals surface area (Å²) < 4.78 is 10.6. The summed E-state index contributed by atoms with van der Waals surface area (Å²) in [5.41, 5.74) is 0.289. The monoisotopic (exact) mass is 360 g/mol. The van der Waals surface area contributed by atoms with Crippen molar-refractivity contribution in [1.29, 1.82) is 0 Å². The van der Waals surface area contributed by atoms with E-state index in [1.54, 1.807) is 0 Å². The van der Waals surface area contributed by atoms with Crippen LogP contribution in [0.1, 0.15) is 72.1 Å². The standard InChI is InChI=1S/C22H32O4/c1-14(23)25-13-26-16-8-10-21(2)15(12-16)4-5-17-18-6-7-20(24)22(18,3)11-9-19(17)21/h8,15,17-19H,4-7,9-13H2,1-3H3/t15?,17-,18-,19-,21-,22-/m0/s1. The van der Waals surface area contributed by atoms with Crippen molar-refractivity contribution in [2.24, 2.45) is 34.5 Å². The van der Waals surface area contributed by atoms with E-state index in [0.717, 1.165) is 49.7 Å². The van der Waals surface area contributed by atoms with Gasteiger partial charge in [-0.3, -0.25) is 9.59 Å². The number of allylic oxidation sites excluding steroid dienone is 2. The molecule has 0 heterocycles. The van der Waals surface area contributed by atoms with Gasteiger partial charge in [0.2, 0.25) is 6.79 Å². The number of ether oxygens (including phenoxy) is 2. The third-order valence-electron chi connectivity index (χ3n) is 8.50. The number of fused-ring (bicyclic) bond motifs is 5. The smallest absolute Gasteiger partial charge is 0.305 e. The molecule has 4 aliphatic rings. The third-order valence-corrected chi connectivity index (χ3v) is 8.50. The fourth-order valence-corrected chi connectivity index (χ4v) is 6.93. The molecule has 4 aliphatic carbocycles. The largest absolute Gasteiger partial charge is 0.462 e. The molecular formula is C22H32O4. The fourth-order valence-electron chi connectivity index (χ4n) is 6.93. The fraction of sp³-hybridized carbons (Fsp3) is 0.818. The molecule has 144 valence electrons. The maximum atomic E-state index is 12.5. The molecule has 4 heteroatoms. The summed E-state index contributed by atoms with van der Waals surface area (Å²) >= 11 is 0. The van der Waals surface area contributed by atoms with Gasteiger partial charge in [-0.05, 0) is 73.7 Å². The Balaban J connectivity index is 1.49. The van der Waals surface area contributed by atoms with Crippen LogP contribution in [0.3, 0.4) is 0 Å². The summed E-state index contributed by atoms with van der Waals surface area (Å²) in [7, 11) is 0. The molecule has 0 aromatic rings. The minimum absolute atomic E-state index is 0.0270. The zero-order valence-electron chi connectivity index (χ0n) is 16.4. The highest BCUT2D eigenvalue weighted by atomic mass is 16.7. The molecule has 0 aliphatic heterocycles. The molecule has 4 rings (SSSR count). The highest BCUT2D eigenvalue weighted by Gasteiger charge is 2.59. The summed E-state index contributed by atoms with van der Waals surface area (Å²) in [4.78, 5) is 23.4. The molecule has 3 fully saturated rings. The van der Waals surface area contributed by atoms with E-state index in [1.807, 2.05) is 0 Å². The molecule has 6 atom stereocenters. The van der Waals surface area contributed by atoms with Crippen LogP contribution >= 0.6 is 0 Å². The molecule has 0 saturated heterocycles. The number of hydrogen-bond donors (Lipinski definition) is 0. The van der Waals surface area contributed by atoms with Crippen molar-refractivity contribution in [3.8, 4) is 0 Å². The predicted octanol–water partition coefficient (Wildman–Crippen LogP) is 4.63. The van der Waals surface area contributed by atoms with Gasteiger partial charge in [-0.1, -0.05) is 13.8 Å². The van der Waals surface area contributed by atoms with Crippen LogP contribution in [0.25, 0.3) is 0 Å². The van der Waals surface area contributed by atoms with Crippen LogP contribution in [0.4, 0.5) is 0 Å². The Morgan fingerprint density at radius 2 is 2.00 bits per heavy atom. The second-order valence-electron chi connectivity index (χ2n) is 9.55. The molecule has 0 bridgehead atoms. The number of ketones is 1. The second-order valence-corrected chi connectivity index (χ2v) is 9.55. The van der Waals surface area contributed by atoms with Crippen molar-refractivity contribution in [2.45, 2.75) is 72.1 Å². The quantitative estimate of drug-likeness (QED) is 0.544. The zero-order valence-corrected chi connectivity index (χ0v) is 16.4. The maximum absolute atomic E-state index is 12.5. The lowest BCUT2D eigenvalue weighted by Crippen LogP contribution is -2.52. The summed E-state index contributed by atoms with van der Waals surface area (Å²) in [5.74, 6) is 3.92. The highest BCUT2D eigenvalue weighted by molar-refractivity contribution is 5.87. The SMILES string of the molecule is CC(=O)OCOC1=CC[C@@]2(C)C(CC[C@@H]3[C@@H]2CC[C@]2(C)C(=O)CC[C@@H]32)C1. The lowest BCUT2D eigenvalue weighted by molar-refractivity contribution is -0.151. The van der Waals surface area contributed by atoms with Gasteiger partial charge in [-0.15, -0.1) is 0 Å². The van der Waals surface area contributed by atoms with Crippen molar-refractivity contribution in [1.82, 2.24) is 0 Å². The van der Waals surface area contributed by atoms with Crippen LogP contribution in [-0.4, -0.2) is 18.5 Å². The summed E-state index contributed by atoms with van der Waals surface area (Å²) in [6.45, 7) is 6.16. The number of carbonyl (C=O) groups is 2. The Morgan fingerprint density at radius 1 is 1.19 bits per heavy atom. The van der Waals surface area contributed by atoms with E-state index in [0.29, 0.717) is 23.0 Å². The van der Waals surface area contributed by atoms with Crippen LogP contribution in [0.2, 0.25) is 0 Å². The molecule has 1 unspecified atom stereocenters. The van der Waals surface area contributed by atoms with E-state index in [-0.39, 0.29) is 18.2 Å². The van der Waals surface area contributed by atoms with Crippen LogP contribution in [-0.2, 0) is 19.1 Å². The van der Waals surface area contributed by atoms with Crippen molar-refractivity contribution in [3.63, 3.8) is 0 Å². The second kappa shape index (κ2) is 6.38. The van der Waals surface area contributed by atoms with Gasteiger partial charge < -0.3 is 9.47 Å². The van der Waals surface area contributed by atoms with Crippen LogP contribution in [0.5, 0.6) is 0 Å². The van der Waals surface area contributed by atoms with Gasteiger partial charge in [0.25, 0.3) is 0 Å². The van der Waals surface area contributed by atoms with Crippen molar-refractivity contribution < 1.29 is 19.1 Å². The van der Waals surface area contributed by atoms with Gasteiger partial charge in [0, 0.05) is 25.2 Å². The first kappa shape index (κ1) is 18.1. The molecule has 0 spiro atoms. The van der Waals surface area contributed by atoms with Gasteiger partial charge in [-0.25, -0.2) is 0 Å². The van der Waals surface area contributed by atoms with E-state index >= 15 is 0 Å². The number of rotatable bonds is 3. The molecule has 0 amide bonds. The highest BCUT2D eigenvalue weighted by Crippen LogP contribution is 2.65. The summed E-state index contributed by atoms with van der Waals surface area (Å²) in [5, 5.41) is 0. The molecule has 0 aromatic carbocycles. The minimum atomic E-state index is -0.303. The molecule has 0 N–H and O–H groups in total. The van der Waals surface area contributed by atoms with Crippen molar-refractivity contribution in [2.75, 3.05) is 6.79 Å². The predicted molar refractivity (Wildman–Crippen MR) is 97.9 cm³/mol. The zero-order chi connectivity index (χ0) is 18.5. The topological polar surface area (TPSA) is 52.6 Å². The normalized spacial score (nSPS) is 44.4. The summed E-state index contributed by atoms with van der Waals surface area (Å²) in [6.07, 6.45) is 10.9. The van der Waals surface area contributed by atoms with Gasteiger partial charge in [-0.2, -0.15) is 0 Å². The van der Waals surface area contributed by atoms with Crippen molar-refractivity contribution >= 4 is 11.8 Å². The van der Waals surface area contributed by atoms with E-state index in [2.05, 4.69) is 19.9 Å². The first-order valence-electron chi connectivity index (χ1n) is 10.3. The molecule has 0 aromatic heterocycles. The van der Waals surface area contributed by atoms with E-state index < -0.39 is 0 Å². The number of carbonyl (C=O) groups excluding carboxylic acids is 2. The van der Waals surface area contributed by atoms with E-state index in [4.69, 9.17) is 9.47 Å². The van der Waals surface area contributed by atoms with Gasteiger partial charge in [0.15, 0.2) is 0 Å². The van der Waals surface area contributed by atoms with Gasteiger partial charge in [0.1, 0.15) is 5.78 Å². The van der Waals surface area contributed by atoms with Crippen LogP contribution in [0, 0.1) is 34.5 Å². The Bertz CT molecular complexity index is 638. The maximum Gasteiger partial charge on any atom is 0.305 e. The number of esters is 1.